The molecule has 2 rings (SSSR count). The van der Waals surface area contributed by atoms with Gasteiger partial charge in [-0.1, -0.05) is 0 Å². The molecule has 0 aromatic carbocycles. The standard InChI is InChI=1S/C8H5FN4/c9-8-12-5-11-7(13-8)6-1-3-10-4-2-6/h1-5H. The van der Waals surface area contributed by atoms with Crippen LogP contribution in [-0.4, -0.2) is 19.9 Å². The SMILES string of the molecule is Fc1ncnc(-c2ccncc2)n1. The van der Waals surface area contributed by atoms with Crippen molar-refractivity contribution in [2.45, 2.75) is 0 Å². The van der Waals surface area contributed by atoms with Gasteiger partial charge in [0.1, 0.15) is 6.33 Å². The second kappa shape index (κ2) is 3.22. The summed E-state index contributed by atoms with van der Waals surface area (Å²) in [6, 6.07) is 3.41. The highest BCUT2D eigenvalue weighted by Crippen LogP contribution is 2.10. The molecule has 2 aromatic heterocycles. The summed E-state index contributed by atoms with van der Waals surface area (Å²) in [5.74, 6) is 0.315. The molecule has 64 valence electrons. The van der Waals surface area contributed by atoms with Gasteiger partial charge in [0.2, 0.25) is 0 Å². The molecule has 2 heterocycles. The molecular weight excluding hydrogens is 171 g/mol. The third kappa shape index (κ3) is 1.64. The second-order valence-corrected chi connectivity index (χ2v) is 2.31. The van der Waals surface area contributed by atoms with E-state index in [1.807, 2.05) is 0 Å². The van der Waals surface area contributed by atoms with Crippen LogP contribution in [0.3, 0.4) is 0 Å². The Labute approximate surface area is 73.5 Å². The largest absolute Gasteiger partial charge is 0.312 e. The van der Waals surface area contributed by atoms with Crippen LogP contribution in [0.1, 0.15) is 0 Å². The number of aromatic nitrogens is 4. The summed E-state index contributed by atoms with van der Waals surface area (Å²) in [5, 5.41) is 0. The molecule has 0 aliphatic heterocycles. The number of hydrogen-bond donors (Lipinski definition) is 0. The van der Waals surface area contributed by atoms with E-state index in [9.17, 15) is 4.39 Å². The van der Waals surface area contributed by atoms with E-state index in [1.54, 1.807) is 24.5 Å². The topological polar surface area (TPSA) is 51.6 Å². The van der Waals surface area contributed by atoms with Crippen LogP contribution >= 0.6 is 0 Å². The first-order chi connectivity index (χ1) is 6.36. The Bertz CT molecular complexity index is 404. The van der Waals surface area contributed by atoms with E-state index in [1.165, 1.54) is 0 Å². The van der Waals surface area contributed by atoms with Crippen molar-refractivity contribution in [3.8, 4) is 11.4 Å². The first kappa shape index (κ1) is 7.72. The highest BCUT2D eigenvalue weighted by Gasteiger charge is 2.01. The molecule has 0 N–H and O–H groups in total. The molecule has 0 aliphatic carbocycles. The Morgan fingerprint density at radius 1 is 1.08 bits per heavy atom. The lowest BCUT2D eigenvalue weighted by Crippen LogP contribution is -1.94. The van der Waals surface area contributed by atoms with Crippen LogP contribution in [0.15, 0.2) is 30.9 Å². The maximum Gasteiger partial charge on any atom is 0.312 e. The Kier molecular flexibility index (Phi) is 1.91. The van der Waals surface area contributed by atoms with Crippen molar-refractivity contribution < 1.29 is 4.39 Å². The Balaban J connectivity index is 2.48. The van der Waals surface area contributed by atoms with Gasteiger partial charge in [0, 0.05) is 18.0 Å². The van der Waals surface area contributed by atoms with Gasteiger partial charge in [0.25, 0.3) is 0 Å². The zero-order valence-corrected chi connectivity index (χ0v) is 6.55. The third-order valence-electron chi connectivity index (χ3n) is 1.48. The predicted octanol–water partition coefficient (Wildman–Crippen LogP) is 1.07. The van der Waals surface area contributed by atoms with Gasteiger partial charge in [0.15, 0.2) is 5.82 Å². The third-order valence-corrected chi connectivity index (χ3v) is 1.48. The van der Waals surface area contributed by atoms with Gasteiger partial charge in [-0.25, -0.2) is 4.98 Å². The minimum Gasteiger partial charge on any atom is -0.265 e. The summed E-state index contributed by atoms with van der Waals surface area (Å²) < 4.78 is 12.6. The number of hydrogen-bond acceptors (Lipinski definition) is 4. The van der Waals surface area contributed by atoms with Crippen LogP contribution in [0, 0.1) is 6.08 Å². The quantitative estimate of drug-likeness (QED) is 0.652. The molecule has 0 aliphatic rings. The molecule has 0 bridgehead atoms. The summed E-state index contributed by atoms with van der Waals surface area (Å²) >= 11 is 0. The Hall–Kier alpha value is -1.91. The Morgan fingerprint density at radius 3 is 2.54 bits per heavy atom. The van der Waals surface area contributed by atoms with E-state index in [-0.39, 0.29) is 0 Å². The molecule has 0 saturated heterocycles. The molecule has 2 aromatic rings. The van der Waals surface area contributed by atoms with Gasteiger partial charge in [-0.05, 0) is 12.1 Å². The van der Waals surface area contributed by atoms with E-state index in [0.717, 1.165) is 11.9 Å². The summed E-state index contributed by atoms with van der Waals surface area (Å²) in [7, 11) is 0. The van der Waals surface area contributed by atoms with Crippen molar-refractivity contribution in [1.29, 1.82) is 0 Å². The number of halogens is 1. The summed E-state index contributed by atoms with van der Waals surface area (Å²) in [6.45, 7) is 0. The van der Waals surface area contributed by atoms with Crippen LogP contribution in [0.4, 0.5) is 4.39 Å². The maximum atomic E-state index is 12.6. The van der Waals surface area contributed by atoms with Gasteiger partial charge >= 0.3 is 6.08 Å². The summed E-state index contributed by atoms with van der Waals surface area (Å²) in [5.41, 5.74) is 0.719. The van der Waals surface area contributed by atoms with E-state index in [4.69, 9.17) is 0 Å². The summed E-state index contributed by atoms with van der Waals surface area (Å²) in [6.07, 6.45) is 3.55. The summed E-state index contributed by atoms with van der Waals surface area (Å²) in [4.78, 5) is 14.4. The van der Waals surface area contributed by atoms with Crippen molar-refractivity contribution in [2.75, 3.05) is 0 Å². The number of nitrogens with zero attached hydrogens (tertiary/aromatic N) is 4. The first-order valence-electron chi connectivity index (χ1n) is 3.61. The molecule has 0 unspecified atom stereocenters. The minimum absolute atomic E-state index is 0.315. The molecule has 0 spiro atoms. The Morgan fingerprint density at radius 2 is 1.85 bits per heavy atom. The molecule has 0 atom stereocenters. The first-order valence-corrected chi connectivity index (χ1v) is 3.61. The lowest BCUT2D eigenvalue weighted by Gasteiger charge is -1.96. The van der Waals surface area contributed by atoms with E-state index >= 15 is 0 Å². The normalized spacial score (nSPS) is 9.92. The number of pyridine rings is 1. The van der Waals surface area contributed by atoms with Gasteiger partial charge < -0.3 is 0 Å². The van der Waals surface area contributed by atoms with Crippen LogP contribution in [-0.2, 0) is 0 Å². The van der Waals surface area contributed by atoms with Gasteiger partial charge in [-0.2, -0.15) is 14.4 Å². The lowest BCUT2D eigenvalue weighted by atomic mass is 10.2. The fourth-order valence-corrected chi connectivity index (χ4v) is 0.916. The maximum absolute atomic E-state index is 12.6. The van der Waals surface area contributed by atoms with Crippen molar-refractivity contribution >= 4 is 0 Å². The predicted molar refractivity (Wildman–Crippen MR) is 43.0 cm³/mol. The van der Waals surface area contributed by atoms with Crippen molar-refractivity contribution in [2.24, 2.45) is 0 Å². The fraction of sp³-hybridized carbons (Fsp3) is 0. The van der Waals surface area contributed by atoms with Crippen molar-refractivity contribution in [1.82, 2.24) is 19.9 Å². The average molecular weight is 176 g/mol. The molecular formula is C8H5FN4. The average Bonchev–Trinajstić information content (AvgIpc) is 2.19. The van der Waals surface area contributed by atoms with Crippen LogP contribution in [0.2, 0.25) is 0 Å². The highest BCUT2D eigenvalue weighted by atomic mass is 19.1. The molecule has 0 fully saturated rings. The van der Waals surface area contributed by atoms with Crippen molar-refractivity contribution in [3.05, 3.63) is 36.9 Å². The van der Waals surface area contributed by atoms with E-state index in [0.29, 0.717) is 5.82 Å². The fourth-order valence-electron chi connectivity index (χ4n) is 0.916. The van der Waals surface area contributed by atoms with E-state index in [2.05, 4.69) is 19.9 Å². The lowest BCUT2D eigenvalue weighted by molar-refractivity contribution is 0.534. The molecule has 5 heteroatoms. The van der Waals surface area contributed by atoms with Crippen LogP contribution in [0.25, 0.3) is 11.4 Å². The molecule has 4 nitrogen and oxygen atoms in total. The molecule has 13 heavy (non-hydrogen) atoms. The van der Waals surface area contributed by atoms with Crippen molar-refractivity contribution in [3.63, 3.8) is 0 Å². The van der Waals surface area contributed by atoms with E-state index < -0.39 is 6.08 Å². The second-order valence-electron chi connectivity index (χ2n) is 2.31. The molecule has 0 radical (unpaired) electrons. The monoisotopic (exact) mass is 176 g/mol. The van der Waals surface area contributed by atoms with Gasteiger partial charge in [-0.3, -0.25) is 4.98 Å². The highest BCUT2D eigenvalue weighted by molar-refractivity contribution is 5.52. The molecule has 0 amide bonds. The number of rotatable bonds is 1. The molecule has 0 saturated carbocycles. The smallest absolute Gasteiger partial charge is 0.265 e. The minimum atomic E-state index is -0.776. The zero-order chi connectivity index (χ0) is 9.10. The van der Waals surface area contributed by atoms with Gasteiger partial charge in [-0.15, -0.1) is 0 Å². The van der Waals surface area contributed by atoms with Crippen LogP contribution in [0.5, 0.6) is 0 Å². The zero-order valence-electron chi connectivity index (χ0n) is 6.55. The van der Waals surface area contributed by atoms with Crippen LogP contribution < -0.4 is 0 Å². The van der Waals surface area contributed by atoms with Gasteiger partial charge in [0.05, 0.1) is 0 Å².